The van der Waals surface area contributed by atoms with Gasteiger partial charge in [-0.05, 0) is 24.0 Å². The van der Waals surface area contributed by atoms with Crippen molar-refractivity contribution in [2.75, 3.05) is 13.1 Å². The molecular weight excluding hydrogens is 400 g/mol. The van der Waals surface area contributed by atoms with E-state index in [0.717, 1.165) is 0 Å². The van der Waals surface area contributed by atoms with Crippen molar-refractivity contribution in [2.45, 2.75) is 39.7 Å². The number of nitrogens with zero attached hydrogens (tertiary/aromatic N) is 3. The first-order valence-corrected chi connectivity index (χ1v) is 10.00. The molecule has 2 N–H and O–H groups in total. The molecule has 9 heteroatoms. The van der Waals surface area contributed by atoms with E-state index in [-0.39, 0.29) is 36.4 Å². The van der Waals surface area contributed by atoms with Gasteiger partial charge in [0.2, 0.25) is 11.8 Å². The molecule has 1 unspecified atom stereocenters. The molecule has 0 spiro atoms. The highest BCUT2D eigenvalue weighted by molar-refractivity contribution is 6.00. The second kappa shape index (κ2) is 8.30. The number of aryl methyl sites for hydroxylation is 1. The molecule has 0 aliphatic carbocycles. The van der Waals surface area contributed by atoms with Crippen LogP contribution in [0.15, 0.2) is 23.0 Å². The van der Waals surface area contributed by atoms with Crippen LogP contribution in [-0.4, -0.2) is 50.1 Å². The number of hydrogen-bond donors (Lipinski definition) is 2. The minimum absolute atomic E-state index is 0.0325. The van der Waals surface area contributed by atoms with Crippen LogP contribution in [0.2, 0.25) is 0 Å². The van der Waals surface area contributed by atoms with Gasteiger partial charge in [-0.25, -0.2) is 9.59 Å². The molecule has 0 radical (unpaired) electrons. The van der Waals surface area contributed by atoms with Crippen molar-refractivity contribution in [1.82, 2.24) is 19.4 Å². The van der Waals surface area contributed by atoms with Crippen molar-refractivity contribution < 1.29 is 19.5 Å². The van der Waals surface area contributed by atoms with Gasteiger partial charge in [0.15, 0.2) is 0 Å². The Hall–Kier alpha value is -3.54. The number of benzene rings is 1. The van der Waals surface area contributed by atoms with E-state index in [1.807, 2.05) is 20.8 Å². The average molecular weight is 426 g/mol. The van der Waals surface area contributed by atoms with Gasteiger partial charge in [0.1, 0.15) is 6.04 Å². The van der Waals surface area contributed by atoms with E-state index in [1.54, 1.807) is 25.2 Å². The molecule has 2 heterocycles. The van der Waals surface area contributed by atoms with Crippen molar-refractivity contribution in [3.63, 3.8) is 0 Å². The summed E-state index contributed by atoms with van der Waals surface area (Å²) in [5.74, 6) is 5.03. The zero-order chi connectivity index (χ0) is 22.9. The van der Waals surface area contributed by atoms with Gasteiger partial charge in [-0.15, -0.1) is 0 Å². The molecule has 164 valence electrons. The third kappa shape index (κ3) is 4.63. The smallest absolute Gasteiger partial charge is 0.408 e. The monoisotopic (exact) mass is 426 g/mol. The average Bonchev–Trinajstić information content (AvgIpc) is 2.92. The molecule has 1 fully saturated rings. The lowest BCUT2D eigenvalue weighted by molar-refractivity contribution is -0.135. The predicted octanol–water partition coefficient (Wildman–Crippen LogP) is 1.70. The number of amides is 3. The summed E-state index contributed by atoms with van der Waals surface area (Å²) in [4.78, 5) is 49.5. The van der Waals surface area contributed by atoms with Gasteiger partial charge < -0.3 is 5.11 Å². The number of para-hydroxylation sites is 1. The molecule has 1 aromatic carbocycles. The summed E-state index contributed by atoms with van der Waals surface area (Å²) < 4.78 is 2.82. The minimum Gasteiger partial charge on any atom is -0.465 e. The Morgan fingerprint density at radius 2 is 2.00 bits per heavy atom. The molecule has 0 bridgehead atoms. The normalized spacial score (nSPS) is 16.6. The topological polar surface area (TPSA) is 114 Å². The van der Waals surface area contributed by atoms with E-state index in [9.17, 15) is 24.3 Å². The Labute approximate surface area is 179 Å². The van der Waals surface area contributed by atoms with Crippen LogP contribution in [0.4, 0.5) is 4.79 Å². The lowest BCUT2D eigenvalue weighted by Gasteiger charge is -2.26. The summed E-state index contributed by atoms with van der Waals surface area (Å²) in [7, 11) is 1.60. The summed E-state index contributed by atoms with van der Waals surface area (Å²) in [6.07, 6.45) is -0.629. The number of carboxylic acid groups (broad SMARTS) is 1. The third-order valence-electron chi connectivity index (χ3n) is 5.05. The Bertz CT molecular complexity index is 1170. The fourth-order valence-electron chi connectivity index (χ4n) is 3.76. The van der Waals surface area contributed by atoms with Crippen molar-refractivity contribution in [3.05, 3.63) is 34.2 Å². The number of hydrogen-bond acceptors (Lipinski definition) is 4. The van der Waals surface area contributed by atoms with E-state index >= 15 is 0 Å². The fraction of sp³-hybridized carbons (Fsp3) is 0.455. The van der Waals surface area contributed by atoms with Crippen LogP contribution in [0.5, 0.6) is 0 Å². The van der Waals surface area contributed by atoms with Crippen LogP contribution < -0.4 is 11.0 Å². The molecule has 31 heavy (non-hydrogen) atoms. The van der Waals surface area contributed by atoms with Gasteiger partial charge in [0.25, 0.3) is 0 Å². The van der Waals surface area contributed by atoms with E-state index in [2.05, 4.69) is 17.2 Å². The van der Waals surface area contributed by atoms with Gasteiger partial charge in [-0.2, -0.15) is 0 Å². The second-order valence-electron chi connectivity index (χ2n) is 8.85. The quantitative estimate of drug-likeness (QED) is 0.573. The third-order valence-corrected chi connectivity index (χ3v) is 5.05. The molecule has 9 nitrogen and oxygen atoms in total. The van der Waals surface area contributed by atoms with Gasteiger partial charge in [0.05, 0.1) is 23.1 Å². The first-order valence-electron chi connectivity index (χ1n) is 10.00. The fourth-order valence-corrected chi connectivity index (χ4v) is 3.76. The van der Waals surface area contributed by atoms with Crippen LogP contribution in [0.25, 0.3) is 11.0 Å². The first kappa shape index (κ1) is 22.2. The lowest BCUT2D eigenvalue weighted by Crippen LogP contribution is -2.44. The highest BCUT2D eigenvalue weighted by Crippen LogP contribution is 2.24. The Morgan fingerprint density at radius 3 is 2.61 bits per heavy atom. The van der Waals surface area contributed by atoms with Crippen LogP contribution in [0.1, 0.15) is 45.2 Å². The second-order valence-corrected chi connectivity index (χ2v) is 8.85. The van der Waals surface area contributed by atoms with E-state index in [0.29, 0.717) is 23.1 Å². The largest absolute Gasteiger partial charge is 0.465 e. The number of nitrogens with one attached hydrogen (secondary N) is 1. The molecule has 0 saturated carbocycles. The van der Waals surface area contributed by atoms with Gasteiger partial charge in [-0.1, -0.05) is 38.7 Å². The number of carbonyl (C=O) groups is 3. The molecule has 2 aromatic rings. The zero-order valence-electron chi connectivity index (χ0n) is 18.1. The molecule has 1 aliphatic heterocycles. The van der Waals surface area contributed by atoms with Crippen LogP contribution in [0, 0.1) is 17.3 Å². The highest BCUT2D eigenvalue weighted by Gasteiger charge is 2.31. The summed E-state index contributed by atoms with van der Waals surface area (Å²) in [6.45, 7) is 6.22. The van der Waals surface area contributed by atoms with Crippen LogP contribution in [-0.2, 0) is 16.6 Å². The number of fused-ring (bicyclic) bond motifs is 1. The number of rotatable bonds is 3. The Morgan fingerprint density at radius 1 is 1.29 bits per heavy atom. The molecule has 1 aliphatic rings. The SMILES string of the molecule is Cn1c(=O)n(C2CCC(=O)NC2=O)c2cccc(C#CCN(CC(C)(C)C)C(=O)O)c21. The maximum Gasteiger partial charge on any atom is 0.408 e. The maximum atomic E-state index is 12.9. The minimum atomic E-state index is -1.04. The van der Waals surface area contributed by atoms with E-state index < -0.39 is 18.0 Å². The lowest BCUT2D eigenvalue weighted by atomic mass is 9.96. The van der Waals surface area contributed by atoms with Crippen molar-refractivity contribution in [2.24, 2.45) is 12.5 Å². The summed E-state index contributed by atoms with van der Waals surface area (Å²) in [5.41, 5.74) is 1.08. The molecule has 1 aromatic heterocycles. The van der Waals surface area contributed by atoms with E-state index in [1.165, 1.54) is 14.0 Å². The molecule has 3 rings (SSSR count). The summed E-state index contributed by atoms with van der Waals surface area (Å²) >= 11 is 0. The number of aromatic nitrogens is 2. The Kier molecular flexibility index (Phi) is 5.93. The zero-order valence-corrected chi connectivity index (χ0v) is 18.1. The summed E-state index contributed by atoms with van der Waals surface area (Å²) in [5, 5.41) is 11.7. The standard InChI is InChI=1S/C22H26N4O5/c1-22(2,3)13-25(21(30)31)12-6-8-14-7-5-9-15-18(14)24(4)20(29)26(15)16-10-11-17(27)23-19(16)28/h5,7,9,16H,10-13H2,1-4H3,(H,30,31)(H,23,27,28). The van der Waals surface area contributed by atoms with Crippen LogP contribution >= 0.6 is 0 Å². The first-order chi connectivity index (χ1) is 14.5. The van der Waals surface area contributed by atoms with E-state index in [4.69, 9.17) is 0 Å². The Balaban J connectivity index is 1.99. The predicted molar refractivity (Wildman–Crippen MR) is 115 cm³/mol. The highest BCUT2D eigenvalue weighted by atomic mass is 16.4. The van der Waals surface area contributed by atoms with Crippen LogP contribution in [0.3, 0.4) is 0 Å². The molecular formula is C22H26N4O5. The van der Waals surface area contributed by atoms with Gasteiger partial charge in [-0.3, -0.25) is 28.9 Å². The van der Waals surface area contributed by atoms with Crippen molar-refractivity contribution >= 4 is 28.9 Å². The number of carbonyl (C=O) groups excluding carboxylic acids is 2. The number of piperidine rings is 1. The van der Waals surface area contributed by atoms with Crippen molar-refractivity contribution in [1.29, 1.82) is 0 Å². The molecule has 3 amide bonds. The maximum absolute atomic E-state index is 12.9. The number of imide groups is 1. The summed E-state index contributed by atoms with van der Waals surface area (Å²) in [6, 6.07) is 4.44. The molecule has 1 saturated heterocycles. The van der Waals surface area contributed by atoms with Gasteiger partial charge in [0, 0.05) is 20.0 Å². The van der Waals surface area contributed by atoms with Crippen molar-refractivity contribution in [3.8, 4) is 11.8 Å². The van der Waals surface area contributed by atoms with Gasteiger partial charge >= 0.3 is 11.8 Å². The number of imidazole rings is 1. The molecule has 1 atom stereocenters.